The van der Waals surface area contributed by atoms with E-state index in [0.29, 0.717) is 23.0 Å². The maximum Gasteiger partial charge on any atom is 0.357 e. The third-order valence-corrected chi connectivity index (χ3v) is 3.50. The summed E-state index contributed by atoms with van der Waals surface area (Å²) in [5.41, 5.74) is 1.94. The molecule has 0 bridgehead atoms. The Labute approximate surface area is 153 Å². The van der Waals surface area contributed by atoms with Gasteiger partial charge in [0.2, 0.25) is 0 Å². The van der Waals surface area contributed by atoms with Gasteiger partial charge in [0, 0.05) is 30.1 Å². The topological polar surface area (TPSA) is 67.1 Å². The van der Waals surface area contributed by atoms with E-state index in [4.69, 9.17) is 4.74 Å². The molecule has 6 heteroatoms. The fourth-order valence-corrected chi connectivity index (χ4v) is 2.08. The molecule has 0 saturated carbocycles. The van der Waals surface area contributed by atoms with Gasteiger partial charge in [-0.2, -0.15) is 0 Å². The first kappa shape index (κ1) is 19.1. The Morgan fingerprint density at radius 1 is 1.35 bits per heavy atom. The van der Waals surface area contributed by atoms with Crippen molar-refractivity contribution in [3.8, 4) is 11.5 Å². The lowest BCUT2D eigenvalue weighted by molar-refractivity contribution is -0.439. The lowest BCUT2D eigenvalue weighted by Crippen LogP contribution is -2.28. The maximum atomic E-state index is 12.6. The number of amides is 1. The minimum Gasteiger partial charge on any atom is -0.456 e. The van der Waals surface area contributed by atoms with Crippen LogP contribution in [0.4, 0.5) is 0 Å². The molecule has 0 saturated heterocycles. The van der Waals surface area contributed by atoms with E-state index in [0.717, 1.165) is 5.57 Å². The summed E-state index contributed by atoms with van der Waals surface area (Å²) in [5.74, 6) is 1.35. The number of hydrogen-bond donors (Lipinski definition) is 1. The van der Waals surface area contributed by atoms with E-state index in [2.05, 4.69) is 22.0 Å². The summed E-state index contributed by atoms with van der Waals surface area (Å²) in [4.78, 5) is 20.9. The summed E-state index contributed by atoms with van der Waals surface area (Å²) in [7, 11) is 1.76. The van der Waals surface area contributed by atoms with E-state index in [1.54, 1.807) is 55.2 Å². The average molecular weight is 351 g/mol. The Hall–Kier alpha value is -3.28. The van der Waals surface area contributed by atoms with Crippen LogP contribution < -0.4 is 10.1 Å². The summed E-state index contributed by atoms with van der Waals surface area (Å²) < 4.78 is 7.35. The van der Waals surface area contributed by atoms with Gasteiger partial charge < -0.3 is 4.74 Å². The summed E-state index contributed by atoms with van der Waals surface area (Å²) in [5, 5.41) is 2.83. The summed E-state index contributed by atoms with van der Waals surface area (Å²) in [6.45, 7) is 9.52. The number of nitrogens with one attached hydrogen (secondary N) is 1. The molecule has 0 aliphatic carbocycles. The monoisotopic (exact) mass is 351 g/mol. The summed E-state index contributed by atoms with van der Waals surface area (Å²) in [6, 6.07) is 6.93. The fraction of sp³-hybridized carbons (Fsp3) is 0.200. The van der Waals surface area contributed by atoms with Gasteiger partial charge >= 0.3 is 5.91 Å². The van der Waals surface area contributed by atoms with E-state index < -0.39 is 0 Å². The predicted octanol–water partition coefficient (Wildman–Crippen LogP) is 3.46. The summed E-state index contributed by atoms with van der Waals surface area (Å²) in [6.07, 6.45) is 7.06. The molecule has 0 spiro atoms. The molecule has 0 unspecified atom stereocenters. The molecule has 2 aromatic rings. The van der Waals surface area contributed by atoms with Gasteiger partial charge in [0.25, 0.3) is 5.82 Å². The minimum atomic E-state index is -0.338. The van der Waals surface area contributed by atoms with Crippen LogP contribution in [0.25, 0.3) is 0 Å². The van der Waals surface area contributed by atoms with Crippen molar-refractivity contribution in [2.45, 2.75) is 20.8 Å². The van der Waals surface area contributed by atoms with Crippen LogP contribution in [-0.4, -0.2) is 34.2 Å². The molecular formula is C20H23N4O2+. The highest BCUT2D eigenvalue weighted by Crippen LogP contribution is 2.21. The molecule has 2 rings (SSSR count). The molecule has 0 atom stereocenters. The number of carbonyl (C=O) groups excluding carboxylic acids is 1. The second-order valence-corrected chi connectivity index (χ2v) is 5.83. The second kappa shape index (κ2) is 8.71. The molecule has 0 radical (unpaired) electrons. The van der Waals surface area contributed by atoms with Gasteiger partial charge in [0.15, 0.2) is 5.69 Å². The van der Waals surface area contributed by atoms with E-state index in [1.807, 2.05) is 26.0 Å². The molecule has 1 N–H and O–H groups in total. The van der Waals surface area contributed by atoms with Crippen molar-refractivity contribution < 1.29 is 14.1 Å². The van der Waals surface area contributed by atoms with Gasteiger partial charge in [0.1, 0.15) is 11.5 Å². The minimum absolute atomic E-state index is 0.259. The van der Waals surface area contributed by atoms with Crippen molar-refractivity contribution in [3.63, 3.8) is 0 Å². The Morgan fingerprint density at radius 2 is 2.12 bits per heavy atom. The molecule has 0 aliphatic heterocycles. The Kier molecular flexibility index (Phi) is 6.38. The number of nitrogens with zero attached hydrogens (tertiary/aromatic N) is 3. The smallest absolute Gasteiger partial charge is 0.357 e. The third kappa shape index (κ3) is 5.37. The molecular weight excluding hydrogens is 328 g/mol. The average Bonchev–Trinajstić information content (AvgIpc) is 2.61. The molecule has 0 aromatic carbocycles. The molecule has 26 heavy (non-hydrogen) atoms. The van der Waals surface area contributed by atoms with Crippen LogP contribution in [0.2, 0.25) is 0 Å². The normalized spacial score (nSPS) is 11.8. The maximum absolute atomic E-state index is 12.6. The predicted molar refractivity (Wildman–Crippen MR) is 102 cm³/mol. The highest BCUT2D eigenvalue weighted by atomic mass is 16.5. The van der Waals surface area contributed by atoms with Gasteiger partial charge in [-0.25, -0.2) is 19.7 Å². The van der Waals surface area contributed by atoms with Gasteiger partial charge in [-0.3, -0.25) is 4.98 Å². The van der Waals surface area contributed by atoms with Gasteiger partial charge in [-0.1, -0.05) is 6.08 Å². The SMILES string of the molecule is C=[N+](C)C(=CC(C)=CC)NC(=O)c1cc(Oc2cccnc2)cc(C)n1. The summed E-state index contributed by atoms with van der Waals surface area (Å²) >= 11 is 0. The highest BCUT2D eigenvalue weighted by Gasteiger charge is 2.18. The Morgan fingerprint density at radius 3 is 2.73 bits per heavy atom. The van der Waals surface area contributed by atoms with Crippen LogP contribution >= 0.6 is 0 Å². The third-order valence-electron chi connectivity index (χ3n) is 3.50. The number of carbonyl (C=O) groups is 1. The molecule has 1 amide bonds. The molecule has 0 aliphatic rings. The van der Waals surface area contributed by atoms with Crippen LogP contribution in [-0.2, 0) is 0 Å². The molecule has 2 aromatic heterocycles. The van der Waals surface area contributed by atoms with Crippen molar-refractivity contribution >= 4 is 12.6 Å². The van der Waals surface area contributed by atoms with E-state index in [-0.39, 0.29) is 11.6 Å². The number of aryl methyl sites for hydroxylation is 1. The first-order chi connectivity index (χ1) is 12.4. The Balaban J connectivity index is 2.25. The van der Waals surface area contributed by atoms with Crippen LogP contribution in [0.15, 0.2) is 60.2 Å². The van der Waals surface area contributed by atoms with Crippen LogP contribution in [0.5, 0.6) is 11.5 Å². The zero-order valence-electron chi connectivity index (χ0n) is 15.5. The van der Waals surface area contributed by atoms with Crippen LogP contribution in [0.3, 0.4) is 0 Å². The van der Waals surface area contributed by atoms with Crippen LogP contribution in [0, 0.1) is 6.92 Å². The van der Waals surface area contributed by atoms with E-state index in [1.165, 1.54) is 0 Å². The van der Waals surface area contributed by atoms with Crippen molar-refractivity contribution in [1.29, 1.82) is 0 Å². The quantitative estimate of drug-likeness (QED) is 0.492. The zero-order chi connectivity index (χ0) is 19.1. The number of allylic oxidation sites excluding steroid dienone is 3. The van der Waals surface area contributed by atoms with Gasteiger partial charge in [0.05, 0.1) is 20.0 Å². The van der Waals surface area contributed by atoms with E-state index >= 15 is 0 Å². The van der Waals surface area contributed by atoms with Crippen molar-refractivity contribution in [2.24, 2.45) is 0 Å². The van der Waals surface area contributed by atoms with E-state index in [9.17, 15) is 4.79 Å². The standard InChI is InChI=1S/C20H22N4O2/c1-6-14(2)10-19(24(4)5)23-20(25)18-12-17(11-15(3)22-18)26-16-8-7-9-21-13-16/h6-13H,4H2,1-3,5H3/p+1. The van der Waals surface area contributed by atoms with Crippen molar-refractivity contribution in [1.82, 2.24) is 15.3 Å². The molecule has 2 heterocycles. The largest absolute Gasteiger partial charge is 0.456 e. The molecule has 0 fully saturated rings. The fourth-order valence-electron chi connectivity index (χ4n) is 2.08. The van der Waals surface area contributed by atoms with Gasteiger partial charge in [-0.15, -0.1) is 0 Å². The van der Waals surface area contributed by atoms with Gasteiger partial charge in [-0.05, 0) is 38.5 Å². The number of rotatable bonds is 6. The zero-order valence-corrected chi connectivity index (χ0v) is 15.5. The van der Waals surface area contributed by atoms with Crippen LogP contribution in [0.1, 0.15) is 30.0 Å². The lowest BCUT2D eigenvalue weighted by Gasteiger charge is -2.08. The number of hydrogen-bond acceptors (Lipinski definition) is 4. The van der Waals surface area contributed by atoms with Crippen molar-refractivity contribution in [3.05, 3.63) is 71.6 Å². The highest BCUT2D eigenvalue weighted by molar-refractivity contribution is 5.93. The number of aromatic nitrogens is 2. The Bertz CT molecular complexity index is 871. The molecule has 134 valence electrons. The first-order valence-corrected chi connectivity index (χ1v) is 8.16. The number of pyridine rings is 2. The van der Waals surface area contributed by atoms with Crippen molar-refractivity contribution in [2.75, 3.05) is 7.05 Å². The lowest BCUT2D eigenvalue weighted by atomic mass is 10.2. The molecule has 6 nitrogen and oxygen atoms in total. The number of ether oxygens (including phenoxy) is 1. The second-order valence-electron chi connectivity index (χ2n) is 5.83. The first-order valence-electron chi connectivity index (χ1n) is 8.16.